The van der Waals surface area contributed by atoms with Crippen molar-refractivity contribution < 1.29 is 14.7 Å². The SMILES string of the molecule is CNC(=O)[C@@H]1C[C@@H](O)CN1C1CCN(C(=O)Cc2ccc(C)cc2)CC1. The third-order valence-corrected chi connectivity index (χ3v) is 5.63. The third kappa shape index (κ3) is 4.24. The Morgan fingerprint density at radius 1 is 1.19 bits per heavy atom. The van der Waals surface area contributed by atoms with E-state index in [0.29, 0.717) is 32.5 Å². The third-order valence-electron chi connectivity index (χ3n) is 5.63. The van der Waals surface area contributed by atoms with Gasteiger partial charge in [0.05, 0.1) is 18.6 Å². The van der Waals surface area contributed by atoms with Gasteiger partial charge < -0.3 is 15.3 Å². The van der Waals surface area contributed by atoms with Gasteiger partial charge in [-0.15, -0.1) is 0 Å². The molecule has 2 saturated heterocycles. The molecule has 2 atom stereocenters. The van der Waals surface area contributed by atoms with Gasteiger partial charge in [-0.25, -0.2) is 0 Å². The van der Waals surface area contributed by atoms with Crippen molar-refractivity contribution in [3.8, 4) is 0 Å². The zero-order valence-corrected chi connectivity index (χ0v) is 15.6. The molecule has 2 aliphatic heterocycles. The predicted octanol–water partition coefficient (Wildman–Crippen LogP) is 0.710. The molecule has 0 aliphatic carbocycles. The number of likely N-dealkylation sites (N-methyl/N-ethyl adjacent to an activating group) is 1. The van der Waals surface area contributed by atoms with Gasteiger partial charge in [0.15, 0.2) is 0 Å². The number of rotatable bonds is 4. The minimum Gasteiger partial charge on any atom is -0.392 e. The van der Waals surface area contributed by atoms with Crippen molar-refractivity contribution in [2.75, 3.05) is 26.7 Å². The molecule has 0 radical (unpaired) electrons. The largest absolute Gasteiger partial charge is 0.392 e. The van der Waals surface area contributed by atoms with Crippen molar-refractivity contribution in [3.63, 3.8) is 0 Å². The number of nitrogens with zero attached hydrogens (tertiary/aromatic N) is 2. The summed E-state index contributed by atoms with van der Waals surface area (Å²) >= 11 is 0. The maximum absolute atomic E-state index is 12.6. The summed E-state index contributed by atoms with van der Waals surface area (Å²) in [5.74, 6) is 0.135. The summed E-state index contributed by atoms with van der Waals surface area (Å²) in [4.78, 5) is 28.7. The van der Waals surface area contributed by atoms with E-state index in [1.165, 1.54) is 5.56 Å². The zero-order chi connectivity index (χ0) is 18.7. The van der Waals surface area contributed by atoms with Crippen LogP contribution in [0.2, 0.25) is 0 Å². The average Bonchev–Trinajstić information content (AvgIpc) is 3.05. The van der Waals surface area contributed by atoms with Crippen molar-refractivity contribution in [1.82, 2.24) is 15.1 Å². The summed E-state index contributed by atoms with van der Waals surface area (Å²) in [5, 5.41) is 12.7. The zero-order valence-electron chi connectivity index (χ0n) is 15.6. The first kappa shape index (κ1) is 18.9. The number of hydrogen-bond donors (Lipinski definition) is 2. The van der Waals surface area contributed by atoms with Gasteiger partial charge in [0.1, 0.15) is 0 Å². The predicted molar refractivity (Wildman–Crippen MR) is 99.7 cm³/mol. The van der Waals surface area contributed by atoms with E-state index in [2.05, 4.69) is 10.2 Å². The summed E-state index contributed by atoms with van der Waals surface area (Å²) in [7, 11) is 1.64. The van der Waals surface area contributed by atoms with E-state index >= 15 is 0 Å². The van der Waals surface area contributed by atoms with Gasteiger partial charge in [-0.3, -0.25) is 14.5 Å². The molecule has 2 N–H and O–H groups in total. The highest BCUT2D eigenvalue weighted by molar-refractivity contribution is 5.82. The number of piperidine rings is 1. The van der Waals surface area contributed by atoms with E-state index in [1.54, 1.807) is 7.05 Å². The summed E-state index contributed by atoms with van der Waals surface area (Å²) in [5.41, 5.74) is 2.24. The molecule has 0 unspecified atom stereocenters. The van der Waals surface area contributed by atoms with Crippen LogP contribution in [0.3, 0.4) is 0 Å². The molecular formula is C20H29N3O3. The first-order chi connectivity index (χ1) is 12.5. The van der Waals surface area contributed by atoms with Crippen molar-refractivity contribution in [2.45, 2.75) is 50.8 Å². The topological polar surface area (TPSA) is 72.9 Å². The summed E-state index contributed by atoms with van der Waals surface area (Å²) in [6, 6.07) is 8.09. The maximum Gasteiger partial charge on any atom is 0.237 e. The van der Waals surface area contributed by atoms with Gasteiger partial charge in [0.2, 0.25) is 11.8 Å². The van der Waals surface area contributed by atoms with Gasteiger partial charge in [-0.2, -0.15) is 0 Å². The van der Waals surface area contributed by atoms with E-state index < -0.39 is 6.10 Å². The number of β-amino-alcohol motifs (C(OH)–C–C–N with tert-alkyl or cyclic N) is 1. The normalized spacial score (nSPS) is 24.7. The number of aliphatic hydroxyl groups is 1. The lowest BCUT2D eigenvalue weighted by molar-refractivity contribution is -0.133. The Kier molecular flexibility index (Phi) is 5.94. The molecule has 0 bridgehead atoms. The Morgan fingerprint density at radius 3 is 2.46 bits per heavy atom. The first-order valence-corrected chi connectivity index (χ1v) is 9.46. The lowest BCUT2D eigenvalue weighted by atomic mass is 10.0. The molecule has 6 nitrogen and oxygen atoms in total. The number of carbonyl (C=O) groups is 2. The van der Waals surface area contributed by atoms with Gasteiger partial charge in [-0.1, -0.05) is 29.8 Å². The maximum atomic E-state index is 12.6. The molecule has 3 rings (SSSR count). The summed E-state index contributed by atoms with van der Waals surface area (Å²) in [6.07, 6.45) is 2.18. The van der Waals surface area contributed by atoms with Crippen LogP contribution in [0.4, 0.5) is 0 Å². The second kappa shape index (κ2) is 8.18. The highest BCUT2D eigenvalue weighted by Crippen LogP contribution is 2.26. The van der Waals surface area contributed by atoms with Crippen LogP contribution in [0, 0.1) is 6.92 Å². The van der Waals surface area contributed by atoms with Crippen molar-refractivity contribution in [2.24, 2.45) is 0 Å². The number of benzene rings is 1. The van der Waals surface area contributed by atoms with Gasteiger partial charge in [0.25, 0.3) is 0 Å². The molecule has 0 aromatic heterocycles. The molecule has 26 heavy (non-hydrogen) atoms. The van der Waals surface area contributed by atoms with Crippen LogP contribution >= 0.6 is 0 Å². The quantitative estimate of drug-likeness (QED) is 0.831. The fraction of sp³-hybridized carbons (Fsp3) is 0.600. The molecule has 6 heteroatoms. The Hall–Kier alpha value is -1.92. The Morgan fingerprint density at radius 2 is 1.85 bits per heavy atom. The lowest BCUT2D eigenvalue weighted by Crippen LogP contribution is -2.52. The number of hydrogen-bond acceptors (Lipinski definition) is 4. The Balaban J connectivity index is 1.54. The fourth-order valence-corrected chi connectivity index (χ4v) is 4.11. The van der Waals surface area contributed by atoms with Crippen LogP contribution in [-0.2, 0) is 16.0 Å². The van der Waals surface area contributed by atoms with Gasteiger partial charge in [-0.05, 0) is 31.7 Å². The van der Waals surface area contributed by atoms with Gasteiger partial charge in [0, 0.05) is 32.7 Å². The molecule has 1 aromatic carbocycles. The molecule has 2 amide bonds. The van der Waals surface area contributed by atoms with E-state index in [9.17, 15) is 14.7 Å². The molecular weight excluding hydrogens is 330 g/mol. The monoisotopic (exact) mass is 359 g/mol. The number of nitrogens with one attached hydrogen (secondary N) is 1. The number of carbonyl (C=O) groups excluding carboxylic acids is 2. The second-order valence-corrected chi connectivity index (χ2v) is 7.49. The molecule has 1 aromatic rings. The highest BCUT2D eigenvalue weighted by atomic mass is 16.3. The van der Waals surface area contributed by atoms with Crippen LogP contribution in [0.25, 0.3) is 0 Å². The standard InChI is InChI=1S/C20H29N3O3/c1-14-3-5-15(6-4-14)11-19(25)22-9-7-16(8-10-22)23-13-17(24)12-18(23)20(26)21-2/h3-6,16-18,24H,7-13H2,1-2H3,(H,21,26)/t17-,18+/m1/s1. The number of aryl methyl sites for hydroxylation is 1. The van der Waals surface area contributed by atoms with E-state index in [0.717, 1.165) is 18.4 Å². The Labute approximate surface area is 155 Å². The van der Waals surface area contributed by atoms with E-state index in [4.69, 9.17) is 0 Å². The molecule has 0 spiro atoms. The lowest BCUT2D eigenvalue weighted by Gasteiger charge is -2.38. The fourth-order valence-electron chi connectivity index (χ4n) is 4.11. The number of amides is 2. The van der Waals surface area contributed by atoms with E-state index in [1.807, 2.05) is 36.1 Å². The van der Waals surface area contributed by atoms with Gasteiger partial charge >= 0.3 is 0 Å². The van der Waals surface area contributed by atoms with Crippen LogP contribution in [-0.4, -0.2) is 71.6 Å². The van der Waals surface area contributed by atoms with Crippen LogP contribution in [0.1, 0.15) is 30.4 Å². The van der Waals surface area contributed by atoms with Crippen LogP contribution < -0.4 is 5.32 Å². The molecule has 142 valence electrons. The number of aliphatic hydroxyl groups excluding tert-OH is 1. The van der Waals surface area contributed by atoms with E-state index in [-0.39, 0.29) is 23.9 Å². The smallest absolute Gasteiger partial charge is 0.237 e. The van der Waals surface area contributed by atoms with Crippen molar-refractivity contribution >= 4 is 11.8 Å². The Bertz CT molecular complexity index is 638. The summed E-state index contributed by atoms with van der Waals surface area (Å²) in [6.45, 7) is 4.00. The minimum absolute atomic E-state index is 0.0283. The first-order valence-electron chi connectivity index (χ1n) is 9.46. The molecule has 2 fully saturated rings. The molecule has 2 aliphatic rings. The molecule has 2 heterocycles. The average molecular weight is 359 g/mol. The number of likely N-dealkylation sites (tertiary alicyclic amines) is 2. The minimum atomic E-state index is -0.446. The summed E-state index contributed by atoms with van der Waals surface area (Å²) < 4.78 is 0. The van der Waals surface area contributed by atoms with Crippen molar-refractivity contribution in [3.05, 3.63) is 35.4 Å². The van der Waals surface area contributed by atoms with Crippen LogP contribution in [0.15, 0.2) is 24.3 Å². The van der Waals surface area contributed by atoms with Crippen LogP contribution in [0.5, 0.6) is 0 Å². The molecule has 0 saturated carbocycles. The van der Waals surface area contributed by atoms with Crippen molar-refractivity contribution in [1.29, 1.82) is 0 Å². The second-order valence-electron chi connectivity index (χ2n) is 7.49. The highest BCUT2D eigenvalue weighted by Gasteiger charge is 2.40.